The molecule has 45 heavy (non-hydrogen) atoms. The Balaban J connectivity index is 1.10. The smallest absolute Gasteiger partial charge is 0.311 e. The number of allylic oxidation sites excluding steroid dienone is 2. The van der Waals surface area contributed by atoms with Gasteiger partial charge in [-0.2, -0.15) is 5.10 Å². The number of methoxy groups -OCH3 is 1. The molecule has 1 aliphatic carbocycles. The first-order valence-electron chi connectivity index (χ1n) is 16.7. The van der Waals surface area contributed by atoms with Crippen LogP contribution in [0.1, 0.15) is 80.3 Å². The van der Waals surface area contributed by atoms with Gasteiger partial charge in [0.05, 0.1) is 29.8 Å². The highest BCUT2D eigenvalue weighted by atomic mass is 16.5. The maximum absolute atomic E-state index is 12.6. The van der Waals surface area contributed by atoms with E-state index in [1.165, 1.54) is 12.0 Å². The number of ether oxygens (including phenoxy) is 3. The van der Waals surface area contributed by atoms with E-state index in [1.807, 2.05) is 26.1 Å². The minimum Gasteiger partial charge on any atom is -0.491 e. The summed E-state index contributed by atoms with van der Waals surface area (Å²) < 4.78 is 19.1. The first-order chi connectivity index (χ1) is 21.8. The molecule has 2 aliphatic rings. The fraction of sp³-hybridized carbons (Fsp3) is 0.583. The van der Waals surface area contributed by atoms with Gasteiger partial charge in [-0.25, -0.2) is 4.98 Å². The molecule has 0 amide bonds. The second kappa shape index (κ2) is 15.7. The number of hydrogen-bond acceptors (Lipinski definition) is 7. The van der Waals surface area contributed by atoms with Crippen LogP contribution in [-0.2, 0) is 34.2 Å². The number of benzene rings is 1. The summed E-state index contributed by atoms with van der Waals surface area (Å²) in [5.41, 5.74) is 4.94. The third-order valence-corrected chi connectivity index (χ3v) is 9.23. The van der Waals surface area contributed by atoms with Crippen LogP contribution in [0.3, 0.4) is 0 Å². The molecule has 244 valence electrons. The third kappa shape index (κ3) is 8.64. The number of nitrogens with one attached hydrogen (secondary N) is 1. The number of carboxylic acids is 1. The molecular weight excluding hydrogens is 568 g/mol. The Morgan fingerprint density at radius 1 is 1.20 bits per heavy atom. The summed E-state index contributed by atoms with van der Waals surface area (Å²) in [6, 6.07) is 8.22. The lowest BCUT2D eigenvalue weighted by molar-refractivity contribution is -0.139. The molecule has 1 saturated carbocycles. The fourth-order valence-corrected chi connectivity index (χ4v) is 6.81. The van der Waals surface area contributed by atoms with E-state index < -0.39 is 11.9 Å². The highest BCUT2D eigenvalue weighted by Gasteiger charge is 2.28. The molecule has 2 aromatic heterocycles. The highest BCUT2D eigenvalue weighted by Crippen LogP contribution is 2.36. The molecule has 3 heterocycles. The lowest BCUT2D eigenvalue weighted by atomic mass is 9.87. The zero-order chi connectivity index (χ0) is 31.8. The first kappa shape index (κ1) is 32.9. The fourth-order valence-electron chi connectivity index (χ4n) is 6.81. The number of aryl methyl sites for hydroxylation is 4. The molecule has 5 rings (SSSR count). The van der Waals surface area contributed by atoms with Crippen molar-refractivity contribution >= 4 is 22.7 Å². The Labute approximate surface area is 267 Å². The quantitative estimate of drug-likeness (QED) is 0.136. The van der Waals surface area contributed by atoms with Crippen molar-refractivity contribution < 1.29 is 24.1 Å². The van der Waals surface area contributed by atoms with Gasteiger partial charge in [0.2, 0.25) is 0 Å². The molecule has 0 saturated heterocycles. The SMILES string of the molecule is COCCOc1cc([C@H](CC(C)/C=C/[C@H]2CC[C@H](OCCCCc3ccc4c(n3)NCCC4)C2)C(=O)O)c2c(c1)c(C)nn2C. The highest BCUT2D eigenvalue weighted by molar-refractivity contribution is 5.91. The van der Waals surface area contributed by atoms with Gasteiger partial charge in [-0.05, 0) is 106 Å². The lowest BCUT2D eigenvalue weighted by Crippen LogP contribution is -2.16. The number of carboxylic acid groups (broad SMARTS) is 1. The van der Waals surface area contributed by atoms with E-state index in [2.05, 4.69) is 41.6 Å². The number of anilines is 1. The van der Waals surface area contributed by atoms with E-state index in [9.17, 15) is 9.90 Å². The molecule has 0 radical (unpaired) electrons. The van der Waals surface area contributed by atoms with E-state index in [4.69, 9.17) is 19.2 Å². The predicted molar refractivity (Wildman–Crippen MR) is 177 cm³/mol. The Kier molecular flexibility index (Phi) is 11.5. The molecule has 9 heteroatoms. The first-order valence-corrected chi connectivity index (χ1v) is 16.7. The second-order valence-electron chi connectivity index (χ2n) is 12.8. The number of aromatic nitrogens is 3. The summed E-state index contributed by atoms with van der Waals surface area (Å²) in [6.45, 7) is 6.71. The number of aliphatic carboxylic acids is 1. The number of fused-ring (bicyclic) bond motifs is 2. The Hall–Kier alpha value is -3.43. The van der Waals surface area contributed by atoms with Crippen LogP contribution in [0.4, 0.5) is 5.82 Å². The van der Waals surface area contributed by atoms with E-state index >= 15 is 0 Å². The Morgan fingerprint density at radius 2 is 2.07 bits per heavy atom. The van der Waals surface area contributed by atoms with E-state index in [1.54, 1.807) is 11.8 Å². The minimum absolute atomic E-state index is 0.0981. The molecule has 3 aromatic rings. The number of pyridine rings is 1. The summed E-state index contributed by atoms with van der Waals surface area (Å²) in [7, 11) is 3.50. The van der Waals surface area contributed by atoms with Crippen LogP contribution in [0.25, 0.3) is 10.9 Å². The summed E-state index contributed by atoms with van der Waals surface area (Å²) >= 11 is 0. The zero-order valence-electron chi connectivity index (χ0n) is 27.4. The van der Waals surface area contributed by atoms with Gasteiger partial charge >= 0.3 is 5.97 Å². The standard InChI is InChI=1S/C36H50N4O5/c1-24(20-33(36(41)42)32-23-30(45-19-18-43-4)22-31-25(2)39-40(3)34(31)32)10-11-26-12-15-29(21-26)44-17-6-5-9-28-14-13-27-8-7-16-37-35(27)38-28/h10-11,13-14,22-24,26,29,33H,5-9,12,15-21H2,1-4H3,(H,37,38)(H,41,42)/b11-10+/t24?,26-,29-,33-/m0/s1. The summed E-state index contributed by atoms with van der Waals surface area (Å²) in [5.74, 6) is 0.770. The molecule has 9 nitrogen and oxygen atoms in total. The Bertz CT molecular complexity index is 1470. The summed E-state index contributed by atoms with van der Waals surface area (Å²) in [5, 5.41) is 19.3. The van der Waals surface area contributed by atoms with Gasteiger partial charge in [0, 0.05) is 38.4 Å². The van der Waals surface area contributed by atoms with Crippen molar-refractivity contribution in [1.82, 2.24) is 14.8 Å². The third-order valence-electron chi connectivity index (χ3n) is 9.23. The molecule has 0 spiro atoms. The number of hydrogen-bond donors (Lipinski definition) is 2. The Morgan fingerprint density at radius 3 is 2.89 bits per heavy atom. The van der Waals surface area contributed by atoms with Crippen molar-refractivity contribution in [1.29, 1.82) is 0 Å². The van der Waals surface area contributed by atoms with Crippen LogP contribution in [0, 0.1) is 18.8 Å². The maximum Gasteiger partial charge on any atom is 0.311 e. The van der Waals surface area contributed by atoms with E-state index in [0.29, 0.717) is 37.4 Å². The van der Waals surface area contributed by atoms with Crippen molar-refractivity contribution in [2.75, 3.05) is 38.8 Å². The molecular formula is C36H50N4O5. The molecule has 1 aliphatic heterocycles. The predicted octanol–water partition coefficient (Wildman–Crippen LogP) is 6.62. The van der Waals surface area contributed by atoms with Gasteiger partial charge < -0.3 is 24.6 Å². The summed E-state index contributed by atoms with van der Waals surface area (Å²) in [6.07, 6.45) is 13.9. The van der Waals surface area contributed by atoms with Crippen LogP contribution in [0.5, 0.6) is 5.75 Å². The van der Waals surface area contributed by atoms with Crippen molar-refractivity contribution in [2.24, 2.45) is 18.9 Å². The molecule has 0 bridgehead atoms. The largest absolute Gasteiger partial charge is 0.491 e. The molecule has 2 N–H and O–H groups in total. The van der Waals surface area contributed by atoms with Gasteiger partial charge in [0.1, 0.15) is 18.2 Å². The lowest BCUT2D eigenvalue weighted by Gasteiger charge is -2.19. The topological polar surface area (TPSA) is 108 Å². The maximum atomic E-state index is 12.6. The molecule has 4 atom stereocenters. The minimum atomic E-state index is -0.835. The van der Waals surface area contributed by atoms with E-state index in [-0.39, 0.29) is 5.92 Å². The van der Waals surface area contributed by atoms with Gasteiger partial charge in [-0.15, -0.1) is 0 Å². The van der Waals surface area contributed by atoms with Gasteiger partial charge in [-0.1, -0.05) is 25.1 Å². The van der Waals surface area contributed by atoms with Crippen molar-refractivity contribution in [3.8, 4) is 5.75 Å². The number of unbranched alkanes of at least 4 members (excludes halogenated alkanes) is 1. The monoisotopic (exact) mass is 618 g/mol. The van der Waals surface area contributed by atoms with Crippen LogP contribution in [-0.4, -0.2) is 65.4 Å². The number of nitrogens with zero attached hydrogens (tertiary/aromatic N) is 3. The number of carbonyl (C=O) groups is 1. The van der Waals surface area contributed by atoms with Crippen molar-refractivity contribution in [3.05, 3.63) is 58.9 Å². The normalized spacial score (nSPS) is 19.5. The van der Waals surface area contributed by atoms with Gasteiger partial charge in [-0.3, -0.25) is 9.48 Å². The van der Waals surface area contributed by atoms with Crippen LogP contribution in [0.2, 0.25) is 0 Å². The van der Waals surface area contributed by atoms with Gasteiger partial charge in [0.25, 0.3) is 0 Å². The second-order valence-corrected chi connectivity index (χ2v) is 12.8. The zero-order valence-corrected chi connectivity index (χ0v) is 27.4. The van der Waals surface area contributed by atoms with Crippen molar-refractivity contribution in [3.63, 3.8) is 0 Å². The van der Waals surface area contributed by atoms with Crippen molar-refractivity contribution in [2.45, 2.75) is 83.7 Å². The van der Waals surface area contributed by atoms with E-state index in [0.717, 1.165) is 91.8 Å². The van der Waals surface area contributed by atoms with Crippen LogP contribution in [0.15, 0.2) is 36.4 Å². The van der Waals surface area contributed by atoms with Gasteiger partial charge in [0.15, 0.2) is 0 Å². The van der Waals surface area contributed by atoms with Crippen LogP contribution < -0.4 is 10.1 Å². The molecule has 1 fully saturated rings. The average molecular weight is 619 g/mol. The average Bonchev–Trinajstić information content (AvgIpc) is 3.61. The summed E-state index contributed by atoms with van der Waals surface area (Å²) in [4.78, 5) is 17.4. The molecule has 1 aromatic carbocycles. The number of rotatable bonds is 16. The molecule has 1 unspecified atom stereocenters. The van der Waals surface area contributed by atoms with Crippen LogP contribution >= 0.6 is 0 Å².